The van der Waals surface area contributed by atoms with Crippen LogP contribution in [-0.2, 0) is 9.53 Å². The summed E-state index contributed by atoms with van der Waals surface area (Å²) in [6.07, 6.45) is 7.43. The minimum atomic E-state index is -0.0766. The van der Waals surface area contributed by atoms with Gasteiger partial charge >= 0.3 is 0 Å². The van der Waals surface area contributed by atoms with Crippen LogP contribution in [0.3, 0.4) is 0 Å². The second-order valence-corrected chi connectivity index (χ2v) is 5.50. The average molecular weight is 254 g/mol. The van der Waals surface area contributed by atoms with Crippen LogP contribution < -0.4 is 5.32 Å². The monoisotopic (exact) mass is 254 g/mol. The zero-order valence-electron chi connectivity index (χ0n) is 11.5. The number of hydrogen-bond donors (Lipinski definition) is 1. The summed E-state index contributed by atoms with van der Waals surface area (Å²) in [4.78, 5) is 14.3. The number of carbonyl (C=O) groups excluding carboxylic acids is 1. The Hall–Kier alpha value is -0.610. The van der Waals surface area contributed by atoms with Crippen molar-refractivity contribution in [2.75, 3.05) is 26.2 Å². The first-order valence-corrected chi connectivity index (χ1v) is 7.41. The van der Waals surface area contributed by atoms with E-state index in [1.54, 1.807) is 0 Å². The Morgan fingerprint density at radius 1 is 1.28 bits per heavy atom. The Balaban J connectivity index is 1.72. The Bertz CT molecular complexity index is 257. The summed E-state index contributed by atoms with van der Waals surface area (Å²) >= 11 is 0. The highest BCUT2D eigenvalue weighted by atomic mass is 16.5. The van der Waals surface area contributed by atoms with Crippen molar-refractivity contribution < 1.29 is 9.53 Å². The van der Waals surface area contributed by atoms with E-state index >= 15 is 0 Å². The zero-order valence-corrected chi connectivity index (χ0v) is 11.5. The Labute approximate surface area is 110 Å². The molecule has 4 heteroatoms. The molecule has 1 amide bonds. The molecule has 0 aromatic rings. The Kier molecular flexibility index (Phi) is 5.45. The fourth-order valence-corrected chi connectivity index (χ4v) is 2.77. The van der Waals surface area contributed by atoms with Crippen LogP contribution in [0, 0.1) is 0 Å². The molecule has 18 heavy (non-hydrogen) atoms. The number of rotatable bonds is 4. The van der Waals surface area contributed by atoms with Gasteiger partial charge in [-0.3, -0.25) is 4.79 Å². The quantitative estimate of drug-likeness (QED) is 0.827. The first-order chi connectivity index (χ1) is 8.77. The molecule has 0 aliphatic carbocycles. The fourth-order valence-electron chi connectivity index (χ4n) is 2.77. The van der Waals surface area contributed by atoms with Crippen molar-refractivity contribution in [2.45, 2.75) is 57.6 Å². The third-order valence-electron chi connectivity index (χ3n) is 3.96. The minimum absolute atomic E-state index is 0.0766. The van der Waals surface area contributed by atoms with Gasteiger partial charge in [0.2, 0.25) is 5.91 Å². The minimum Gasteiger partial charge on any atom is -0.377 e. The molecule has 2 rings (SSSR count). The van der Waals surface area contributed by atoms with Gasteiger partial charge in [-0.15, -0.1) is 0 Å². The van der Waals surface area contributed by atoms with Crippen molar-refractivity contribution in [3.63, 3.8) is 0 Å². The third kappa shape index (κ3) is 3.95. The molecule has 0 spiro atoms. The largest absolute Gasteiger partial charge is 0.377 e. The second-order valence-electron chi connectivity index (χ2n) is 5.50. The molecule has 0 aromatic heterocycles. The van der Waals surface area contributed by atoms with E-state index in [2.05, 4.69) is 5.32 Å². The third-order valence-corrected chi connectivity index (χ3v) is 3.96. The van der Waals surface area contributed by atoms with E-state index in [0.29, 0.717) is 6.10 Å². The molecule has 4 nitrogen and oxygen atoms in total. The average Bonchev–Trinajstić information content (AvgIpc) is 2.75. The molecule has 2 unspecified atom stereocenters. The smallest absolute Gasteiger partial charge is 0.239 e. The molecule has 2 aliphatic rings. The second kappa shape index (κ2) is 7.10. The number of likely N-dealkylation sites (tertiary alicyclic amines) is 1. The first-order valence-electron chi connectivity index (χ1n) is 7.41. The summed E-state index contributed by atoms with van der Waals surface area (Å²) in [5.41, 5.74) is 0. The molecule has 2 aliphatic heterocycles. The van der Waals surface area contributed by atoms with E-state index in [1.165, 1.54) is 12.8 Å². The maximum Gasteiger partial charge on any atom is 0.239 e. The highest BCUT2D eigenvalue weighted by molar-refractivity contribution is 5.81. The van der Waals surface area contributed by atoms with Crippen molar-refractivity contribution in [1.82, 2.24) is 10.2 Å². The molecular formula is C14H26N2O2. The lowest BCUT2D eigenvalue weighted by molar-refractivity contribution is -0.133. The molecule has 0 saturated carbocycles. The van der Waals surface area contributed by atoms with Gasteiger partial charge in [0.1, 0.15) is 0 Å². The Morgan fingerprint density at radius 3 is 2.61 bits per heavy atom. The standard InChI is InChI=1S/C14H26N2O2/c1-12(15-11-13-7-6-10-18-13)14(17)16-8-4-2-3-5-9-16/h12-13,15H,2-11H2,1H3. The van der Waals surface area contributed by atoms with Crippen molar-refractivity contribution in [3.8, 4) is 0 Å². The van der Waals surface area contributed by atoms with Crippen LogP contribution in [0.15, 0.2) is 0 Å². The number of ether oxygens (including phenoxy) is 1. The summed E-state index contributed by atoms with van der Waals surface area (Å²) in [7, 11) is 0. The summed E-state index contributed by atoms with van der Waals surface area (Å²) < 4.78 is 5.56. The number of hydrogen-bond acceptors (Lipinski definition) is 3. The number of amides is 1. The van der Waals surface area contributed by atoms with Crippen LogP contribution in [0.2, 0.25) is 0 Å². The highest BCUT2D eigenvalue weighted by Crippen LogP contribution is 2.12. The van der Waals surface area contributed by atoms with Gasteiger partial charge < -0.3 is 15.0 Å². The predicted molar refractivity (Wildman–Crippen MR) is 71.5 cm³/mol. The van der Waals surface area contributed by atoms with Gasteiger partial charge in [0.25, 0.3) is 0 Å². The number of nitrogens with one attached hydrogen (secondary N) is 1. The van der Waals surface area contributed by atoms with Crippen LogP contribution in [0.4, 0.5) is 0 Å². The van der Waals surface area contributed by atoms with Crippen LogP contribution in [0.1, 0.15) is 45.4 Å². The summed E-state index contributed by atoms with van der Waals surface area (Å²) in [6.45, 7) is 5.53. The summed E-state index contributed by atoms with van der Waals surface area (Å²) in [6, 6.07) is -0.0766. The number of nitrogens with zero attached hydrogens (tertiary/aromatic N) is 1. The van der Waals surface area contributed by atoms with Crippen molar-refractivity contribution in [1.29, 1.82) is 0 Å². The lowest BCUT2D eigenvalue weighted by atomic mass is 10.2. The maximum absolute atomic E-state index is 12.3. The maximum atomic E-state index is 12.3. The molecule has 0 aromatic carbocycles. The summed E-state index contributed by atoms with van der Waals surface area (Å²) in [5.74, 6) is 0.259. The summed E-state index contributed by atoms with van der Waals surface area (Å²) in [5, 5.41) is 3.33. The Morgan fingerprint density at radius 2 is 2.00 bits per heavy atom. The van der Waals surface area contributed by atoms with Gasteiger partial charge in [-0.25, -0.2) is 0 Å². The lowest BCUT2D eigenvalue weighted by Gasteiger charge is -2.25. The lowest BCUT2D eigenvalue weighted by Crippen LogP contribution is -2.47. The van der Waals surface area contributed by atoms with E-state index in [-0.39, 0.29) is 11.9 Å². The van der Waals surface area contributed by atoms with Crippen molar-refractivity contribution in [3.05, 3.63) is 0 Å². The molecular weight excluding hydrogens is 228 g/mol. The van der Waals surface area contributed by atoms with E-state index in [1.807, 2.05) is 11.8 Å². The predicted octanol–water partition coefficient (Wildman–Crippen LogP) is 1.55. The zero-order chi connectivity index (χ0) is 12.8. The molecule has 1 N–H and O–H groups in total. The van der Waals surface area contributed by atoms with Crippen LogP contribution >= 0.6 is 0 Å². The van der Waals surface area contributed by atoms with E-state index in [4.69, 9.17) is 4.74 Å². The molecule has 2 atom stereocenters. The van der Waals surface area contributed by atoms with E-state index in [0.717, 1.165) is 51.9 Å². The van der Waals surface area contributed by atoms with Crippen molar-refractivity contribution in [2.24, 2.45) is 0 Å². The van der Waals surface area contributed by atoms with E-state index < -0.39 is 0 Å². The molecule has 104 valence electrons. The first kappa shape index (κ1) is 13.8. The van der Waals surface area contributed by atoms with Gasteiger partial charge in [0.05, 0.1) is 12.1 Å². The van der Waals surface area contributed by atoms with Crippen LogP contribution in [-0.4, -0.2) is 49.2 Å². The molecule has 2 fully saturated rings. The van der Waals surface area contributed by atoms with Crippen LogP contribution in [0.5, 0.6) is 0 Å². The molecule has 2 heterocycles. The molecule has 0 radical (unpaired) electrons. The topological polar surface area (TPSA) is 41.6 Å². The van der Waals surface area contributed by atoms with Gasteiger partial charge in [0, 0.05) is 26.2 Å². The van der Waals surface area contributed by atoms with Gasteiger partial charge in [-0.05, 0) is 32.6 Å². The van der Waals surface area contributed by atoms with E-state index in [9.17, 15) is 4.79 Å². The van der Waals surface area contributed by atoms with Gasteiger partial charge in [0.15, 0.2) is 0 Å². The fraction of sp³-hybridized carbons (Fsp3) is 0.929. The molecule has 0 bridgehead atoms. The molecule has 2 saturated heterocycles. The van der Waals surface area contributed by atoms with Crippen molar-refractivity contribution >= 4 is 5.91 Å². The van der Waals surface area contributed by atoms with Crippen LogP contribution in [0.25, 0.3) is 0 Å². The number of carbonyl (C=O) groups is 1. The highest BCUT2D eigenvalue weighted by Gasteiger charge is 2.23. The normalized spacial score (nSPS) is 26.9. The SMILES string of the molecule is CC(NCC1CCCO1)C(=O)N1CCCCCC1. The van der Waals surface area contributed by atoms with Gasteiger partial charge in [-0.1, -0.05) is 12.8 Å². The van der Waals surface area contributed by atoms with Gasteiger partial charge in [-0.2, -0.15) is 0 Å².